The molecule has 0 aliphatic carbocycles. The van der Waals surface area contributed by atoms with Crippen LogP contribution in [0.15, 0.2) is 41.7 Å². The summed E-state index contributed by atoms with van der Waals surface area (Å²) >= 11 is 0. The molecule has 0 aliphatic rings. The van der Waals surface area contributed by atoms with Gasteiger partial charge in [-0.25, -0.2) is 4.39 Å². The lowest BCUT2D eigenvalue weighted by atomic mass is 9.99. The van der Waals surface area contributed by atoms with Gasteiger partial charge < -0.3 is 0 Å². The van der Waals surface area contributed by atoms with Crippen molar-refractivity contribution in [3.05, 3.63) is 36.7 Å². The Hall–Kier alpha value is -1.01. The molecule has 3 heteroatoms. The van der Waals surface area contributed by atoms with Gasteiger partial charge in [0, 0.05) is 12.8 Å². The Kier molecular flexibility index (Phi) is 8.49. The van der Waals surface area contributed by atoms with E-state index < -0.39 is 5.67 Å². The zero-order valence-corrected chi connectivity index (χ0v) is 12.5. The van der Waals surface area contributed by atoms with Crippen LogP contribution in [0.25, 0.3) is 0 Å². The fraction of sp³-hybridized carbons (Fsp3) is 0.467. The second kappa shape index (κ2) is 8.99. The smallest absolute Gasteiger partial charge is 0.168 e. The van der Waals surface area contributed by atoms with Gasteiger partial charge in [-0.2, -0.15) is 0 Å². The Morgan fingerprint density at radius 3 is 2.56 bits per heavy atom. The first kappa shape index (κ1) is 17.0. The molecule has 0 fully saturated rings. The fourth-order valence-electron chi connectivity index (χ4n) is 1.24. The Labute approximate surface area is 112 Å². The highest BCUT2D eigenvalue weighted by Gasteiger charge is 2.22. The van der Waals surface area contributed by atoms with Crippen LogP contribution in [-0.4, -0.2) is 23.7 Å². The van der Waals surface area contributed by atoms with Crippen LogP contribution >= 0.6 is 8.20 Å². The van der Waals surface area contributed by atoms with Gasteiger partial charge >= 0.3 is 0 Å². The van der Waals surface area contributed by atoms with Crippen molar-refractivity contribution >= 4 is 19.7 Å². The molecule has 0 rings (SSSR count). The molecule has 0 bridgehead atoms. The van der Waals surface area contributed by atoms with Gasteiger partial charge in [-0.05, 0) is 49.1 Å². The summed E-state index contributed by atoms with van der Waals surface area (Å²) < 4.78 is 14.2. The average Bonchev–Trinajstić information content (AvgIpc) is 2.35. The lowest BCUT2D eigenvalue weighted by Gasteiger charge is -2.16. The van der Waals surface area contributed by atoms with Crippen molar-refractivity contribution in [2.75, 3.05) is 6.54 Å². The molecule has 0 heterocycles. The average molecular weight is 267 g/mol. The van der Waals surface area contributed by atoms with E-state index in [9.17, 15) is 4.39 Å². The third-order valence-electron chi connectivity index (χ3n) is 2.44. The van der Waals surface area contributed by atoms with Crippen LogP contribution in [-0.2, 0) is 0 Å². The van der Waals surface area contributed by atoms with Crippen LogP contribution in [0.2, 0.25) is 0 Å². The highest BCUT2D eigenvalue weighted by molar-refractivity contribution is 7.46. The minimum absolute atomic E-state index is 0.447. The van der Waals surface area contributed by atoms with E-state index >= 15 is 0 Å². The summed E-state index contributed by atoms with van der Waals surface area (Å²) in [7, 11) is 0.985. The predicted molar refractivity (Wildman–Crippen MR) is 83.9 cm³/mol. The summed E-state index contributed by atoms with van der Waals surface area (Å²) in [5.74, 6) is 1.81. The van der Waals surface area contributed by atoms with Crippen LogP contribution in [0.1, 0.15) is 33.6 Å². The normalized spacial score (nSPS) is 16.1. The number of halogens is 1. The number of allylic oxidation sites excluding steroid dienone is 3. The Bertz CT molecular complexity index is 369. The molecule has 1 nitrogen and oxygen atoms in total. The standard InChI is InChI=1S/C15H23FNP/c1-6-9-14(12-17-8-3)18-11-10-15(16,7-2)13(4)5/h7,10-12H,2,4,6,8-9H2,1,3,5H3/b11-10+,17-12?. The molecule has 0 amide bonds. The van der Waals surface area contributed by atoms with Crippen molar-refractivity contribution < 1.29 is 4.39 Å². The molecule has 0 radical (unpaired) electrons. The van der Waals surface area contributed by atoms with Crippen molar-refractivity contribution in [1.29, 1.82) is 0 Å². The summed E-state index contributed by atoms with van der Waals surface area (Å²) in [6.45, 7) is 13.7. The molecule has 0 spiro atoms. The van der Waals surface area contributed by atoms with Gasteiger partial charge in [0.15, 0.2) is 5.67 Å². The summed E-state index contributed by atoms with van der Waals surface area (Å²) in [4.78, 5) is 4.23. The molecule has 0 saturated heterocycles. The van der Waals surface area contributed by atoms with E-state index in [0.29, 0.717) is 5.57 Å². The first-order valence-electron chi connectivity index (χ1n) is 6.22. The van der Waals surface area contributed by atoms with Gasteiger partial charge in [0.1, 0.15) is 0 Å². The molecule has 0 aliphatic heterocycles. The summed E-state index contributed by atoms with van der Waals surface area (Å²) in [6, 6.07) is 0. The highest BCUT2D eigenvalue weighted by Crippen LogP contribution is 2.24. The van der Waals surface area contributed by atoms with E-state index in [4.69, 9.17) is 0 Å². The van der Waals surface area contributed by atoms with Crippen molar-refractivity contribution in [2.24, 2.45) is 4.99 Å². The third-order valence-corrected chi connectivity index (χ3v) is 3.41. The predicted octanol–water partition coefficient (Wildman–Crippen LogP) is 4.98. The minimum atomic E-state index is -1.60. The van der Waals surface area contributed by atoms with Gasteiger partial charge in [0.2, 0.25) is 0 Å². The maximum absolute atomic E-state index is 14.2. The van der Waals surface area contributed by atoms with Gasteiger partial charge in [-0.3, -0.25) is 4.99 Å². The van der Waals surface area contributed by atoms with E-state index in [-0.39, 0.29) is 0 Å². The van der Waals surface area contributed by atoms with Crippen LogP contribution in [0, 0.1) is 0 Å². The first-order valence-corrected chi connectivity index (χ1v) is 7.19. The molecular formula is C15H23FNP. The van der Waals surface area contributed by atoms with Crippen molar-refractivity contribution in [2.45, 2.75) is 39.3 Å². The molecular weight excluding hydrogens is 244 g/mol. The van der Waals surface area contributed by atoms with Crippen LogP contribution in [0.4, 0.5) is 4.39 Å². The Balaban J connectivity index is 4.88. The van der Waals surface area contributed by atoms with E-state index in [1.807, 2.05) is 19.0 Å². The van der Waals surface area contributed by atoms with E-state index in [2.05, 4.69) is 25.1 Å². The van der Waals surface area contributed by atoms with Crippen LogP contribution in [0.5, 0.6) is 0 Å². The largest absolute Gasteiger partial charge is 0.293 e. The molecule has 0 saturated carbocycles. The van der Waals surface area contributed by atoms with E-state index in [1.165, 1.54) is 17.4 Å². The van der Waals surface area contributed by atoms with E-state index in [0.717, 1.165) is 27.6 Å². The summed E-state index contributed by atoms with van der Waals surface area (Å²) in [5.41, 5.74) is -1.16. The number of rotatable bonds is 8. The number of aliphatic imine (C=N–C) groups is 1. The zero-order chi connectivity index (χ0) is 14.0. The Morgan fingerprint density at radius 1 is 1.44 bits per heavy atom. The van der Waals surface area contributed by atoms with Gasteiger partial charge in [0.05, 0.1) is 0 Å². The van der Waals surface area contributed by atoms with Gasteiger partial charge in [-0.15, -0.1) is 0 Å². The minimum Gasteiger partial charge on any atom is -0.293 e. The fourth-order valence-corrected chi connectivity index (χ4v) is 2.23. The van der Waals surface area contributed by atoms with E-state index in [1.54, 1.807) is 6.92 Å². The monoisotopic (exact) mass is 267 g/mol. The number of hydrogen-bond acceptors (Lipinski definition) is 1. The second-order valence-electron chi connectivity index (χ2n) is 4.07. The molecule has 0 N–H and O–H groups in total. The number of alkyl halides is 1. The van der Waals surface area contributed by atoms with Crippen LogP contribution < -0.4 is 0 Å². The molecule has 0 aromatic carbocycles. The quantitative estimate of drug-likeness (QED) is 0.334. The molecule has 0 aromatic heterocycles. The molecule has 100 valence electrons. The maximum Gasteiger partial charge on any atom is 0.168 e. The molecule has 18 heavy (non-hydrogen) atoms. The second-order valence-corrected chi connectivity index (χ2v) is 5.20. The van der Waals surface area contributed by atoms with Crippen LogP contribution in [0.3, 0.4) is 0 Å². The van der Waals surface area contributed by atoms with Crippen molar-refractivity contribution in [1.82, 2.24) is 0 Å². The molecule has 1 unspecified atom stereocenters. The SMILES string of the molecule is C=CC(F)(/C=C/P=C(C=NCC)CCC)C(=C)C. The lowest BCUT2D eigenvalue weighted by Crippen LogP contribution is -2.16. The molecule has 1 atom stereocenters. The van der Waals surface area contributed by atoms with Gasteiger partial charge in [-0.1, -0.05) is 34.7 Å². The zero-order valence-electron chi connectivity index (χ0n) is 11.6. The van der Waals surface area contributed by atoms with Crippen molar-refractivity contribution in [3.8, 4) is 0 Å². The molecule has 0 aromatic rings. The highest BCUT2D eigenvalue weighted by atomic mass is 31.1. The summed E-state index contributed by atoms with van der Waals surface area (Å²) in [6.07, 6.45) is 6.73. The first-order chi connectivity index (χ1) is 8.50. The number of hydrogen-bond donors (Lipinski definition) is 0. The lowest BCUT2D eigenvalue weighted by molar-refractivity contribution is 0.351. The Morgan fingerprint density at radius 2 is 2.11 bits per heavy atom. The topological polar surface area (TPSA) is 12.4 Å². The summed E-state index contributed by atoms with van der Waals surface area (Å²) in [5, 5.41) is 1.20. The maximum atomic E-state index is 14.2. The van der Waals surface area contributed by atoms with Crippen molar-refractivity contribution in [3.63, 3.8) is 0 Å². The third kappa shape index (κ3) is 6.07. The van der Waals surface area contributed by atoms with Gasteiger partial charge in [0.25, 0.3) is 0 Å². The number of nitrogens with zero attached hydrogens (tertiary/aromatic N) is 1.